The zero-order valence-corrected chi connectivity index (χ0v) is 9.43. The van der Waals surface area contributed by atoms with Gasteiger partial charge in [-0.15, -0.1) is 0 Å². The van der Waals surface area contributed by atoms with Gasteiger partial charge < -0.3 is 10.1 Å². The summed E-state index contributed by atoms with van der Waals surface area (Å²) in [5.74, 6) is -0.722. The number of benzene rings is 1. The first kappa shape index (κ1) is 12.9. The van der Waals surface area contributed by atoms with E-state index >= 15 is 0 Å². The largest absolute Gasteiger partial charge is 0.469 e. The highest BCUT2D eigenvalue weighted by atomic mass is 16.5. The Labute approximate surface area is 98.8 Å². The fraction of sp³-hybridized carbons (Fsp3) is 0.250. The molecule has 0 unspecified atom stereocenters. The van der Waals surface area contributed by atoms with Crippen LogP contribution in [0.3, 0.4) is 0 Å². The molecule has 1 aromatic rings. The minimum atomic E-state index is -0.429. The second-order valence-corrected chi connectivity index (χ2v) is 3.37. The number of rotatable bonds is 5. The highest BCUT2D eigenvalue weighted by Crippen LogP contribution is 2.09. The SMILES string of the molecule is COC(=O)CCC(=O)Nc1cccc(C=O)c1. The number of methoxy groups -OCH3 is 1. The summed E-state index contributed by atoms with van der Waals surface area (Å²) >= 11 is 0. The molecule has 0 bridgehead atoms. The monoisotopic (exact) mass is 235 g/mol. The van der Waals surface area contributed by atoms with Crippen molar-refractivity contribution in [3.63, 3.8) is 0 Å². The number of hydrogen-bond acceptors (Lipinski definition) is 4. The molecule has 1 rings (SSSR count). The molecule has 0 aromatic heterocycles. The van der Waals surface area contributed by atoms with Crippen molar-refractivity contribution in [3.05, 3.63) is 29.8 Å². The molecule has 90 valence electrons. The van der Waals surface area contributed by atoms with Gasteiger partial charge in [0.1, 0.15) is 6.29 Å². The van der Waals surface area contributed by atoms with Crippen LogP contribution in [0.1, 0.15) is 23.2 Å². The molecule has 1 N–H and O–H groups in total. The van der Waals surface area contributed by atoms with Gasteiger partial charge in [-0.25, -0.2) is 0 Å². The summed E-state index contributed by atoms with van der Waals surface area (Å²) in [5, 5.41) is 2.59. The van der Waals surface area contributed by atoms with E-state index in [9.17, 15) is 14.4 Å². The van der Waals surface area contributed by atoms with E-state index in [0.29, 0.717) is 17.5 Å². The molecule has 0 radical (unpaired) electrons. The number of aldehydes is 1. The molecule has 0 aliphatic carbocycles. The summed E-state index contributed by atoms with van der Waals surface area (Å²) < 4.78 is 4.42. The summed E-state index contributed by atoms with van der Waals surface area (Å²) in [6.07, 6.45) is 0.789. The molecule has 0 atom stereocenters. The highest BCUT2D eigenvalue weighted by Gasteiger charge is 2.07. The lowest BCUT2D eigenvalue weighted by Gasteiger charge is -2.04. The molecule has 0 saturated heterocycles. The second kappa shape index (κ2) is 6.42. The predicted octanol–water partition coefficient (Wildman–Crippen LogP) is 1.39. The lowest BCUT2D eigenvalue weighted by Crippen LogP contribution is -2.14. The Morgan fingerprint density at radius 3 is 2.76 bits per heavy atom. The normalized spacial score (nSPS) is 9.47. The van der Waals surface area contributed by atoms with Gasteiger partial charge in [-0.05, 0) is 12.1 Å². The van der Waals surface area contributed by atoms with Gasteiger partial charge in [0.2, 0.25) is 5.91 Å². The average molecular weight is 235 g/mol. The number of nitrogens with one attached hydrogen (secondary N) is 1. The van der Waals surface area contributed by atoms with Crippen LogP contribution >= 0.6 is 0 Å². The summed E-state index contributed by atoms with van der Waals surface area (Å²) in [4.78, 5) is 32.8. The first-order chi connectivity index (χ1) is 8.15. The Kier molecular flexibility index (Phi) is 4.87. The minimum Gasteiger partial charge on any atom is -0.469 e. The number of carbonyl (C=O) groups excluding carboxylic acids is 3. The van der Waals surface area contributed by atoms with Crippen LogP contribution in [0, 0.1) is 0 Å². The Morgan fingerprint density at radius 1 is 1.35 bits per heavy atom. The third-order valence-corrected chi connectivity index (χ3v) is 2.09. The van der Waals surface area contributed by atoms with Crippen molar-refractivity contribution in [1.82, 2.24) is 0 Å². The summed E-state index contributed by atoms with van der Waals surface area (Å²) in [7, 11) is 1.27. The average Bonchev–Trinajstić information content (AvgIpc) is 2.36. The van der Waals surface area contributed by atoms with Crippen LogP contribution in [0.2, 0.25) is 0 Å². The lowest BCUT2D eigenvalue weighted by molar-refractivity contribution is -0.141. The predicted molar refractivity (Wildman–Crippen MR) is 61.7 cm³/mol. The van der Waals surface area contributed by atoms with Gasteiger partial charge in [-0.2, -0.15) is 0 Å². The van der Waals surface area contributed by atoms with Crippen molar-refractivity contribution in [1.29, 1.82) is 0 Å². The maximum Gasteiger partial charge on any atom is 0.306 e. The molecule has 0 saturated carbocycles. The second-order valence-electron chi connectivity index (χ2n) is 3.37. The number of carbonyl (C=O) groups is 3. The third-order valence-electron chi connectivity index (χ3n) is 2.09. The molecule has 0 aliphatic rings. The zero-order chi connectivity index (χ0) is 12.7. The van der Waals surface area contributed by atoms with Crippen molar-refractivity contribution >= 4 is 23.9 Å². The number of amides is 1. The van der Waals surface area contributed by atoms with Gasteiger partial charge >= 0.3 is 5.97 Å². The van der Waals surface area contributed by atoms with Gasteiger partial charge in [-0.3, -0.25) is 14.4 Å². The van der Waals surface area contributed by atoms with E-state index in [1.165, 1.54) is 7.11 Å². The molecule has 0 fully saturated rings. The highest BCUT2D eigenvalue weighted by molar-refractivity contribution is 5.93. The number of hydrogen-bond donors (Lipinski definition) is 1. The number of anilines is 1. The van der Waals surface area contributed by atoms with Gasteiger partial charge in [0.15, 0.2) is 0 Å². The van der Waals surface area contributed by atoms with E-state index in [4.69, 9.17) is 0 Å². The van der Waals surface area contributed by atoms with Crippen molar-refractivity contribution in [2.75, 3.05) is 12.4 Å². The number of esters is 1. The van der Waals surface area contributed by atoms with E-state index in [1.807, 2.05) is 0 Å². The lowest BCUT2D eigenvalue weighted by atomic mass is 10.2. The van der Waals surface area contributed by atoms with Crippen molar-refractivity contribution in [2.45, 2.75) is 12.8 Å². The molecule has 5 nitrogen and oxygen atoms in total. The summed E-state index contributed by atoms with van der Waals surface area (Å²) in [6, 6.07) is 6.53. The molecule has 1 aromatic carbocycles. The molecule has 1 amide bonds. The van der Waals surface area contributed by atoms with Gasteiger partial charge in [0.25, 0.3) is 0 Å². The van der Waals surface area contributed by atoms with Crippen LogP contribution in [-0.2, 0) is 14.3 Å². The first-order valence-electron chi connectivity index (χ1n) is 5.07. The quantitative estimate of drug-likeness (QED) is 0.618. The van der Waals surface area contributed by atoms with E-state index in [2.05, 4.69) is 10.1 Å². The summed E-state index contributed by atoms with van der Waals surface area (Å²) in [5.41, 5.74) is 1.01. The molecule has 0 heterocycles. The Balaban J connectivity index is 2.50. The van der Waals surface area contributed by atoms with Crippen LogP contribution < -0.4 is 5.32 Å². The number of ether oxygens (including phenoxy) is 1. The van der Waals surface area contributed by atoms with Crippen LogP contribution in [0.4, 0.5) is 5.69 Å². The van der Waals surface area contributed by atoms with Crippen LogP contribution in [0.25, 0.3) is 0 Å². The Morgan fingerprint density at radius 2 is 2.12 bits per heavy atom. The zero-order valence-electron chi connectivity index (χ0n) is 9.43. The van der Waals surface area contributed by atoms with Crippen LogP contribution in [0.15, 0.2) is 24.3 Å². The Bertz CT molecular complexity index is 428. The van der Waals surface area contributed by atoms with E-state index in [0.717, 1.165) is 0 Å². The molecular weight excluding hydrogens is 222 g/mol. The molecule has 17 heavy (non-hydrogen) atoms. The van der Waals surface area contributed by atoms with E-state index in [-0.39, 0.29) is 18.7 Å². The van der Waals surface area contributed by atoms with Crippen LogP contribution in [-0.4, -0.2) is 25.3 Å². The molecule has 0 aliphatic heterocycles. The van der Waals surface area contributed by atoms with Crippen molar-refractivity contribution in [2.24, 2.45) is 0 Å². The first-order valence-corrected chi connectivity index (χ1v) is 5.07. The van der Waals surface area contributed by atoms with E-state index in [1.54, 1.807) is 24.3 Å². The third kappa shape index (κ3) is 4.46. The van der Waals surface area contributed by atoms with Crippen LogP contribution in [0.5, 0.6) is 0 Å². The molecule has 5 heteroatoms. The molecular formula is C12H13NO4. The van der Waals surface area contributed by atoms with Crippen molar-refractivity contribution in [3.8, 4) is 0 Å². The standard InChI is InChI=1S/C12H13NO4/c1-17-12(16)6-5-11(15)13-10-4-2-3-9(7-10)8-14/h2-4,7-8H,5-6H2,1H3,(H,13,15). The fourth-order valence-electron chi connectivity index (χ4n) is 1.23. The smallest absolute Gasteiger partial charge is 0.306 e. The topological polar surface area (TPSA) is 72.5 Å². The van der Waals surface area contributed by atoms with Gasteiger partial charge in [0.05, 0.1) is 13.5 Å². The van der Waals surface area contributed by atoms with Gasteiger partial charge in [-0.1, -0.05) is 12.1 Å². The maximum atomic E-state index is 11.4. The summed E-state index contributed by atoms with van der Waals surface area (Å²) in [6.45, 7) is 0. The van der Waals surface area contributed by atoms with E-state index < -0.39 is 5.97 Å². The van der Waals surface area contributed by atoms with Crippen molar-refractivity contribution < 1.29 is 19.1 Å². The fourth-order valence-corrected chi connectivity index (χ4v) is 1.23. The van der Waals surface area contributed by atoms with Gasteiger partial charge in [0, 0.05) is 17.7 Å². The Hall–Kier alpha value is -2.17. The minimum absolute atomic E-state index is 0.0374. The maximum absolute atomic E-state index is 11.4. The molecule has 0 spiro atoms.